The van der Waals surface area contributed by atoms with Gasteiger partial charge in [0.25, 0.3) is 0 Å². The lowest BCUT2D eigenvalue weighted by molar-refractivity contribution is 0.351. The third-order valence-electron chi connectivity index (χ3n) is 1.80. The quantitative estimate of drug-likeness (QED) is 0.439. The van der Waals surface area contributed by atoms with E-state index >= 15 is 0 Å². The first-order chi connectivity index (χ1) is 3.11. The van der Waals surface area contributed by atoms with Crippen LogP contribution in [0.5, 0.6) is 0 Å². The second kappa shape index (κ2) is 1.24. The number of hydrogen-bond donors (Lipinski definition) is 0. The molecule has 0 aromatic heterocycles. The van der Waals surface area contributed by atoms with Gasteiger partial charge in [0.1, 0.15) is 0 Å². The lowest BCUT2D eigenvalue weighted by atomic mass is 9.91. The molecule has 0 unspecified atom stereocenters. The van der Waals surface area contributed by atoms with E-state index in [1.807, 2.05) is 0 Å². The molecule has 44 valence electrons. The second-order valence-electron chi connectivity index (χ2n) is 3.64. The summed E-state index contributed by atoms with van der Waals surface area (Å²) < 4.78 is 0. The molecule has 0 aromatic rings. The molecule has 0 amide bonds. The van der Waals surface area contributed by atoms with E-state index in [1.165, 1.54) is 12.8 Å². The zero-order valence-electron chi connectivity index (χ0n) is 5.49. The molecule has 0 saturated heterocycles. The Morgan fingerprint density at radius 1 is 1.29 bits per heavy atom. The fourth-order valence-electron chi connectivity index (χ4n) is 0.949. The molecule has 1 fully saturated rings. The van der Waals surface area contributed by atoms with E-state index in [0.29, 0.717) is 5.41 Å². The van der Waals surface area contributed by atoms with E-state index in [-0.39, 0.29) is 1.43 Å². The molecule has 0 bridgehead atoms. The van der Waals surface area contributed by atoms with Gasteiger partial charge < -0.3 is 0 Å². The lowest BCUT2D eigenvalue weighted by Gasteiger charge is -2.15. The van der Waals surface area contributed by atoms with Crippen molar-refractivity contribution in [1.29, 1.82) is 0 Å². The standard InChI is InChI=1S/C7H14.H2/c1-7(2,3)6-4-5-6;/h6H,4-5H2,1-3H3;1H. The molecule has 0 aliphatic heterocycles. The molecule has 0 N–H and O–H groups in total. The van der Waals surface area contributed by atoms with Crippen molar-refractivity contribution in [3.63, 3.8) is 0 Å². The third-order valence-corrected chi connectivity index (χ3v) is 1.80. The lowest BCUT2D eigenvalue weighted by Crippen LogP contribution is -2.06. The van der Waals surface area contributed by atoms with Crippen molar-refractivity contribution in [3.8, 4) is 0 Å². The first kappa shape index (κ1) is 5.14. The third kappa shape index (κ3) is 1.19. The molecule has 0 nitrogen and oxygen atoms in total. The fourth-order valence-corrected chi connectivity index (χ4v) is 0.949. The first-order valence-corrected chi connectivity index (χ1v) is 3.11. The van der Waals surface area contributed by atoms with Crippen molar-refractivity contribution in [2.24, 2.45) is 11.3 Å². The molecular weight excluding hydrogens is 84.1 g/mol. The van der Waals surface area contributed by atoms with Crippen LogP contribution in [0.15, 0.2) is 0 Å². The molecule has 1 saturated carbocycles. The average molecular weight is 100 g/mol. The first-order valence-electron chi connectivity index (χ1n) is 3.11. The summed E-state index contributed by atoms with van der Waals surface area (Å²) in [6.45, 7) is 6.97. The van der Waals surface area contributed by atoms with Crippen LogP contribution in [0, 0.1) is 11.3 Å². The molecule has 0 spiro atoms. The van der Waals surface area contributed by atoms with Gasteiger partial charge in [-0.1, -0.05) is 20.8 Å². The van der Waals surface area contributed by atoms with Crippen molar-refractivity contribution in [2.75, 3.05) is 0 Å². The van der Waals surface area contributed by atoms with Gasteiger partial charge in [0.2, 0.25) is 0 Å². The highest BCUT2D eigenvalue weighted by Crippen LogP contribution is 2.44. The van der Waals surface area contributed by atoms with Gasteiger partial charge in [0, 0.05) is 1.43 Å². The SMILES string of the molecule is CC(C)(C)C1CC1.[HH]. The van der Waals surface area contributed by atoms with Crippen molar-refractivity contribution < 1.29 is 1.43 Å². The van der Waals surface area contributed by atoms with E-state index < -0.39 is 0 Å². The highest BCUT2D eigenvalue weighted by Gasteiger charge is 2.33. The molecule has 1 aliphatic rings. The Labute approximate surface area is 47.4 Å². The number of hydrogen-bond acceptors (Lipinski definition) is 0. The summed E-state index contributed by atoms with van der Waals surface area (Å²) in [5.74, 6) is 1.05. The summed E-state index contributed by atoms with van der Waals surface area (Å²) >= 11 is 0. The van der Waals surface area contributed by atoms with Gasteiger partial charge >= 0.3 is 0 Å². The zero-order valence-corrected chi connectivity index (χ0v) is 5.49. The predicted molar refractivity (Wildman–Crippen MR) is 34.3 cm³/mol. The Hall–Kier alpha value is 0. The van der Waals surface area contributed by atoms with Gasteiger partial charge in [-0.05, 0) is 24.2 Å². The number of rotatable bonds is 0. The fraction of sp³-hybridized carbons (Fsp3) is 1.00. The van der Waals surface area contributed by atoms with Crippen LogP contribution in [-0.2, 0) is 0 Å². The Morgan fingerprint density at radius 3 is 1.71 bits per heavy atom. The molecule has 0 atom stereocenters. The maximum absolute atomic E-state index is 2.32. The summed E-state index contributed by atoms with van der Waals surface area (Å²) in [6, 6.07) is 0. The highest BCUT2D eigenvalue weighted by molar-refractivity contribution is 4.84. The van der Waals surface area contributed by atoms with Gasteiger partial charge in [0.05, 0.1) is 0 Å². The van der Waals surface area contributed by atoms with E-state index in [2.05, 4.69) is 20.8 Å². The topological polar surface area (TPSA) is 0 Å². The van der Waals surface area contributed by atoms with Crippen LogP contribution in [0.1, 0.15) is 35.0 Å². The van der Waals surface area contributed by atoms with Crippen molar-refractivity contribution in [2.45, 2.75) is 33.6 Å². The minimum atomic E-state index is 0. The molecular formula is C7H16. The molecule has 0 radical (unpaired) electrons. The molecule has 1 aliphatic carbocycles. The molecule has 0 aromatic carbocycles. The molecule has 7 heavy (non-hydrogen) atoms. The summed E-state index contributed by atoms with van der Waals surface area (Å²) in [7, 11) is 0. The Balaban J connectivity index is 0.000000490. The largest absolute Gasteiger partial charge is 0.0599 e. The van der Waals surface area contributed by atoms with Gasteiger partial charge in [-0.2, -0.15) is 0 Å². The van der Waals surface area contributed by atoms with Crippen LogP contribution in [0.4, 0.5) is 0 Å². The Bertz CT molecular complexity index is 66.9. The Kier molecular flexibility index (Phi) is 0.911. The smallest absolute Gasteiger partial charge is 0 e. The van der Waals surface area contributed by atoms with Crippen LogP contribution < -0.4 is 0 Å². The van der Waals surface area contributed by atoms with Crippen LogP contribution in [-0.4, -0.2) is 0 Å². The molecule has 0 heterocycles. The van der Waals surface area contributed by atoms with Gasteiger partial charge in [-0.25, -0.2) is 0 Å². The van der Waals surface area contributed by atoms with E-state index in [0.717, 1.165) is 5.92 Å². The van der Waals surface area contributed by atoms with Crippen LogP contribution in [0.3, 0.4) is 0 Å². The monoisotopic (exact) mass is 100 g/mol. The zero-order chi connectivity index (χ0) is 5.49. The van der Waals surface area contributed by atoms with Crippen molar-refractivity contribution >= 4 is 0 Å². The average Bonchev–Trinajstić information content (AvgIpc) is 1.99. The van der Waals surface area contributed by atoms with Crippen LogP contribution in [0.2, 0.25) is 0 Å². The van der Waals surface area contributed by atoms with Crippen molar-refractivity contribution in [3.05, 3.63) is 0 Å². The van der Waals surface area contributed by atoms with Gasteiger partial charge in [0.15, 0.2) is 0 Å². The van der Waals surface area contributed by atoms with Crippen LogP contribution in [0.25, 0.3) is 0 Å². The maximum Gasteiger partial charge on any atom is 0 e. The normalized spacial score (nSPS) is 22.7. The van der Waals surface area contributed by atoms with E-state index in [9.17, 15) is 0 Å². The van der Waals surface area contributed by atoms with E-state index in [4.69, 9.17) is 0 Å². The summed E-state index contributed by atoms with van der Waals surface area (Å²) in [5, 5.41) is 0. The summed E-state index contributed by atoms with van der Waals surface area (Å²) in [6.07, 6.45) is 2.95. The van der Waals surface area contributed by atoms with Gasteiger partial charge in [-0.3, -0.25) is 0 Å². The maximum atomic E-state index is 2.32. The predicted octanol–water partition coefficient (Wildman–Crippen LogP) is 2.69. The minimum Gasteiger partial charge on any atom is -0.0599 e. The summed E-state index contributed by atoms with van der Waals surface area (Å²) in [4.78, 5) is 0. The molecule has 1 rings (SSSR count). The van der Waals surface area contributed by atoms with Crippen LogP contribution >= 0.6 is 0 Å². The molecule has 0 heteroatoms. The summed E-state index contributed by atoms with van der Waals surface area (Å²) in [5.41, 5.74) is 0.611. The highest BCUT2D eigenvalue weighted by atomic mass is 14.4. The van der Waals surface area contributed by atoms with E-state index in [1.54, 1.807) is 0 Å². The Morgan fingerprint density at radius 2 is 1.71 bits per heavy atom. The minimum absolute atomic E-state index is 0. The van der Waals surface area contributed by atoms with Crippen molar-refractivity contribution in [1.82, 2.24) is 0 Å². The van der Waals surface area contributed by atoms with Gasteiger partial charge in [-0.15, -0.1) is 0 Å². The second-order valence-corrected chi connectivity index (χ2v) is 3.64.